The van der Waals surface area contributed by atoms with Crippen molar-refractivity contribution >= 4 is 23.5 Å². The van der Waals surface area contributed by atoms with Crippen LogP contribution in [0.2, 0.25) is 5.02 Å². The molecule has 1 aromatic carbocycles. The first-order valence-electron chi connectivity index (χ1n) is 7.36. The number of piperidine rings is 1. The van der Waals surface area contributed by atoms with Crippen LogP contribution in [0.3, 0.4) is 0 Å². The van der Waals surface area contributed by atoms with Gasteiger partial charge in [0.15, 0.2) is 11.5 Å². The molecular weight excluding hydrogens is 339 g/mol. The van der Waals surface area contributed by atoms with Crippen LogP contribution < -0.4 is 0 Å². The van der Waals surface area contributed by atoms with E-state index in [0.717, 1.165) is 4.68 Å². The second-order valence-electron chi connectivity index (χ2n) is 5.53. The lowest BCUT2D eigenvalue weighted by atomic mass is 9.97. The van der Waals surface area contributed by atoms with Gasteiger partial charge in [-0.2, -0.15) is 0 Å². The van der Waals surface area contributed by atoms with Crippen LogP contribution in [0.4, 0.5) is 4.39 Å². The van der Waals surface area contributed by atoms with Gasteiger partial charge in [-0.1, -0.05) is 22.9 Å². The molecule has 1 N–H and O–H groups in total. The molecule has 0 radical (unpaired) electrons. The minimum absolute atomic E-state index is 0.0494. The Bertz CT molecular complexity index is 787. The molecule has 9 heteroatoms. The highest BCUT2D eigenvalue weighted by molar-refractivity contribution is 6.30. The number of nitrogens with zero attached hydrogens (tertiary/aromatic N) is 4. The smallest absolute Gasteiger partial charge is 0.306 e. The number of carboxylic acids is 1. The second kappa shape index (κ2) is 6.56. The van der Waals surface area contributed by atoms with Crippen LogP contribution in [0.15, 0.2) is 24.4 Å². The van der Waals surface area contributed by atoms with Gasteiger partial charge in [-0.05, 0) is 25.0 Å². The van der Waals surface area contributed by atoms with Gasteiger partial charge < -0.3 is 10.0 Å². The maximum absolute atomic E-state index is 14.0. The number of likely N-dealkylation sites (tertiary alicyclic amines) is 1. The molecule has 1 saturated heterocycles. The van der Waals surface area contributed by atoms with Crippen molar-refractivity contribution in [2.24, 2.45) is 5.92 Å². The van der Waals surface area contributed by atoms with Gasteiger partial charge in [0.25, 0.3) is 5.91 Å². The fraction of sp³-hybridized carbons (Fsp3) is 0.333. The van der Waals surface area contributed by atoms with Crippen LogP contribution >= 0.6 is 11.6 Å². The quantitative estimate of drug-likeness (QED) is 0.912. The van der Waals surface area contributed by atoms with Crippen LogP contribution in [0.1, 0.15) is 23.3 Å². The van der Waals surface area contributed by atoms with E-state index in [1.807, 2.05) is 0 Å². The summed E-state index contributed by atoms with van der Waals surface area (Å²) in [4.78, 5) is 24.9. The molecule has 2 heterocycles. The van der Waals surface area contributed by atoms with E-state index in [1.54, 1.807) is 6.07 Å². The number of rotatable bonds is 3. The molecule has 1 aliphatic rings. The molecule has 1 aliphatic heterocycles. The molecule has 126 valence electrons. The second-order valence-corrected chi connectivity index (χ2v) is 5.93. The van der Waals surface area contributed by atoms with Crippen molar-refractivity contribution in [1.82, 2.24) is 19.9 Å². The summed E-state index contributed by atoms with van der Waals surface area (Å²) >= 11 is 5.73. The lowest BCUT2D eigenvalue weighted by Gasteiger charge is -2.29. The Morgan fingerprint density at radius 3 is 2.67 bits per heavy atom. The molecule has 1 aromatic heterocycles. The van der Waals surface area contributed by atoms with Crippen LogP contribution in [0, 0.1) is 11.7 Å². The van der Waals surface area contributed by atoms with Crippen molar-refractivity contribution in [2.75, 3.05) is 13.1 Å². The predicted octanol–water partition coefficient (Wildman–Crippen LogP) is 2.00. The summed E-state index contributed by atoms with van der Waals surface area (Å²) in [6.45, 7) is 0.683. The number of benzene rings is 1. The summed E-state index contributed by atoms with van der Waals surface area (Å²) in [5, 5.41) is 16.5. The van der Waals surface area contributed by atoms with E-state index in [2.05, 4.69) is 10.3 Å². The van der Waals surface area contributed by atoms with E-state index in [9.17, 15) is 14.0 Å². The Labute approximate surface area is 141 Å². The number of halogens is 2. The Morgan fingerprint density at radius 1 is 1.29 bits per heavy atom. The number of carbonyl (C=O) groups is 2. The first-order chi connectivity index (χ1) is 11.5. The number of hydrogen-bond acceptors (Lipinski definition) is 4. The lowest BCUT2D eigenvalue weighted by Crippen LogP contribution is -2.40. The zero-order valence-corrected chi connectivity index (χ0v) is 13.3. The van der Waals surface area contributed by atoms with Gasteiger partial charge in [-0.15, -0.1) is 5.10 Å². The Kier molecular flexibility index (Phi) is 4.48. The molecule has 2 aromatic rings. The van der Waals surface area contributed by atoms with Crippen molar-refractivity contribution in [2.45, 2.75) is 12.8 Å². The minimum Gasteiger partial charge on any atom is -0.481 e. The highest BCUT2D eigenvalue weighted by Gasteiger charge is 2.28. The third-order valence-corrected chi connectivity index (χ3v) is 4.31. The summed E-state index contributed by atoms with van der Waals surface area (Å²) in [7, 11) is 0. The number of carbonyl (C=O) groups excluding carboxylic acids is 1. The summed E-state index contributed by atoms with van der Waals surface area (Å²) in [6.07, 6.45) is 2.14. The Balaban J connectivity index is 1.75. The number of aliphatic carboxylic acids is 1. The first kappa shape index (κ1) is 16.4. The van der Waals surface area contributed by atoms with Crippen LogP contribution in [-0.4, -0.2) is 50.0 Å². The van der Waals surface area contributed by atoms with Gasteiger partial charge in [-0.3, -0.25) is 9.59 Å². The van der Waals surface area contributed by atoms with Gasteiger partial charge in [0.05, 0.1) is 17.1 Å². The molecule has 1 fully saturated rings. The van der Waals surface area contributed by atoms with Crippen molar-refractivity contribution in [1.29, 1.82) is 0 Å². The zero-order valence-electron chi connectivity index (χ0n) is 12.5. The van der Waals surface area contributed by atoms with Crippen LogP contribution in [0.5, 0.6) is 0 Å². The van der Waals surface area contributed by atoms with Gasteiger partial charge in [0, 0.05) is 13.1 Å². The highest BCUT2D eigenvalue weighted by Crippen LogP contribution is 2.22. The summed E-state index contributed by atoms with van der Waals surface area (Å²) in [5.74, 6) is -2.27. The maximum atomic E-state index is 14.0. The average molecular weight is 353 g/mol. The number of carboxylic acid groups (broad SMARTS) is 1. The Morgan fingerprint density at radius 2 is 2.00 bits per heavy atom. The van der Waals surface area contributed by atoms with E-state index < -0.39 is 17.7 Å². The summed E-state index contributed by atoms with van der Waals surface area (Å²) in [5.41, 5.74) is 0.168. The van der Waals surface area contributed by atoms with Crippen molar-refractivity contribution in [3.8, 4) is 5.69 Å². The van der Waals surface area contributed by atoms with Crippen LogP contribution in [0.25, 0.3) is 5.69 Å². The summed E-state index contributed by atoms with van der Waals surface area (Å²) < 4.78 is 15.2. The SMILES string of the molecule is O=C(O)C1CCN(C(=O)c2cn(-c3cccc(Cl)c3F)nn2)CC1. The van der Waals surface area contributed by atoms with E-state index in [4.69, 9.17) is 16.7 Å². The van der Waals surface area contributed by atoms with E-state index in [-0.39, 0.29) is 22.3 Å². The first-order valence-corrected chi connectivity index (χ1v) is 7.74. The monoisotopic (exact) mass is 352 g/mol. The van der Waals surface area contributed by atoms with E-state index >= 15 is 0 Å². The fourth-order valence-electron chi connectivity index (χ4n) is 2.64. The number of aromatic nitrogens is 3. The summed E-state index contributed by atoms with van der Waals surface area (Å²) in [6, 6.07) is 4.46. The molecule has 1 amide bonds. The van der Waals surface area contributed by atoms with E-state index in [0.29, 0.717) is 25.9 Å². The predicted molar refractivity (Wildman–Crippen MR) is 82.6 cm³/mol. The van der Waals surface area contributed by atoms with Gasteiger partial charge in [0.2, 0.25) is 0 Å². The van der Waals surface area contributed by atoms with Crippen molar-refractivity contribution < 1.29 is 19.1 Å². The zero-order chi connectivity index (χ0) is 17.3. The molecule has 0 unspecified atom stereocenters. The molecule has 0 aliphatic carbocycles. The van der Waals surface area contributed by atoms with Gasteiger partial charge in [-0.25, -0.2) is 9.07 Å². The molecule has 0 bridgehead atoms. The third kappa shape index (κ3) is 3.09. The normalized spacial score (nSPS) is 15.5. The molecule has 0 spiro atoms. The largest absolute Gasteiger partial charge is 0.481 e. The fourth-order valence-corrected chi connectivity index (χ4v) is 2.81. The maximum Gasteiger partial charge on any atom is 0.306 e. The standard InChI is InChI=1S/C15H14ClFN4O3/c16-10-2-1-3-12(13(10)17)21-8-11(18-19-21)14(22)20-6-4-9(5-7-20)15(23)24/h1-3,8-9H,4-7H2,(H,23,24). The molecular formula is C15H14ClFN4O3. The average Bonchev–Trinajstić information content (AvgIpc) is 3.06. The molecule has 3 rings (SSSR count). The van der Waals surface area contributed by atoms with Crippen LogP contribution in [-0.2, 0) is 4.79 Å². The molecule has 24 heavy (non-hydrogen) atoms. The number of amides is 1. The number of hydrogen-bond donors (Lipinski definition) is 1. The molecule has 7 nitrogen and oxygen atoms in total. The lowest BCUT2D eigenvalue weighted by molar-refractivity contribution is -0.143. The highest BCUT2D eigenvalue weighted by atomic mass is 35.5. The minimum atomic E-state index is -0.843. The van der Waals surface area contributed by atoms with E-state index in [1.165, 1.54) is 23.2 Å². The topological polar surface area (TPSA) is 88.3 Å². The molecule has 0 saturated carbocycles. The van der Waals surface area contributed by atoms with Gasteiger partial charge >= 0.3 is 5.97 Å². The Hall–Kier alpha value is -2.48. The van der Waals surface area contributed by atoms with Gasteiger partial charge in [0.1, 0.15) is 5.69 Å². The third-order valence-electron chi connectivity index (χ3n) is 4.02. The molecule has 0 atom stereocenters. The van der Waals surface area contributed by atoms with Crippen molar-refractivity contribution in [3.63, 3.8) is 0 Å². The van der Waals surface area contributed by atoms with Crippen molar-refractivity contribution in [3.05, 3.63) is 40.9 Å².